The van der Waals surface area contributed by atoms with E-state index >= 15 is 0 Å². The lowest BCUT2D eigenvalue weighted by Gasteiger charge is -2.20. The van der Waals surface area contributed by atoms with Crippen LogP contribution in [0.15, 0.2) is 18.2 Å². The summed E-state index contributed by atoms with van der Waals surface area (Å²) in [6.07, 6.45) is 1.13. The van der Waals surface area contributed by atoms with E-state index in [0.29, 0.717) is 17.9 Å². The second-order valence-electron chi connectivity index (χ2n) is 5.20. The van der Waals surface area contributed by atoms with Gasteiger partial charge in [-0.1, -0.05) is 32.6 Å². The second kappa shape index (κ2) is 8.43. The van der Waals surface area contributed by atoms with E-state index in [1.54, 1.807) is 6.07 Å². The van der Waals surface area contributed by atoms with Crippen LogP contribution in [0.3, 0.4) is 0 Å². The molecular weight excluding hydrogens is 269 g/mol. The van der Waals surface area contributed by atoms with Crippen molar-refractivity contribution in [1.29, 1.82) is 0 Å². The molecule has 0 heterocycles. The fourth-order valence-corrected chi connectivity index (χ4v) is 1.96. The average molecular weight is 291 g/mol. The van der Waals surface area contributed by atoms with Gasteiger partial charge in [-0.15, -0.1) is 0 Å². The first-order valence-corrected chi connectivity index (χ1v) is 7.19. The fraction of sp³-hybridized carbons (Fsp3) is 0.471. The van der Waals surface area contributed by atoms with Crippen molar-refractivity contribution in [3.8, 4) is 11.8 Å². The third-order valence-corrected chi connectivity index (χ3v) is 3.25. The molecule has 1 aromatic rings. The van der Waals surface area contributed by atoms with Crippen molar-refractivity contribution in [1.82, 2.24) is 5.32 Å². The maximum atomic E-state index is 13.9. The van der Waals surface area contributed by atoms with Crippen molar-refractivity contribution in [2.45, 2.75) is 39.7 Å². The number of rotatable bonds is 5. The molecule has 1 amide bonds. The first-order chi connectivity index (χ1) is 9.99. The minimum Gasteiger partial charge on any atom is -0.395 e. The summed E-state index contributed by atoms with van der Waals surface area (Å²) in [5, 5.41) is 11.5. The summed E-state index contributed by atoms with van der Waals surface area (Å²) in [5.74, 6) is 4.82. The maximum Gasteiger partial charge on any atom is 0.251 e. The maximum absolute atomic E-state index is 13.9. The van der Waals surface area contributed by atoms with Crippen LogP contribution in [0.4, 0.5) is 4.39 Å². The van der Waals surface area contributed by atoms with Crippen LogP contribution in [0, 0.1) is 23.6 Å². The molecule has 4 heteroatoms. The van der Waals surface area contributed by atoms with Crippen molar-refractivity contribution >= 4 is 5.91 Å². The lowest BCUT2D eigenvalue weighted by molar-refractivity contribution is 0.0924. The van der Waals surface area contributed by atoms with E-state index < -0.39 is 5.82 Å². The Morgan fingerprint density at radius 2 is 2.14 bits per heavy atom. The molecule has 0 spiro atoms. The van der Waals surface area contributed by atoms with Gasteiger partial charge in [0.15, 0.2) is 0 Å². The zero-order valence-corrected chi connectivity index (χ0v) is 12.7. The van der Waals surface area contributed by atoms with Gasteiger partial charge in [-0.05, 0) is 30.5 Å². The van der Waals surface area contributed by atoms with Gasteiger partial charge in [0.2, 0.25) is 0 Å². The van der Waals surface area contributed by atoms with E-state index in [0.717, 1.165) is 6.42 Å². The molecule has 0 aliphatic heterocycles. The van der Waals surface area contributed by atoms with Crippen LogP contribution in [0.25, 0.3) is 0 Å². The Labute approximate surface area is 125 Å². The van der Waals surface area contributed by atoms with E-state index in [-0.39, 0.29) is 24.1 Å². The Bertz CT molecular complexity index is 543. The molecule has 0 saturated carbocycles. The SMILES string of the molecule is CCC(NC(=O)c1ccc(C#CCCO)c(F)c1)C(C)C. The highest BCUT2D eigenvalue weighted by Crippen LogP contribution is 2.12. The summed E-state index contributed by atoms with van der Waals surface area (Å²) in [4.78, 5) is 12.1. The molecule has 0 radical (unpaired) electrons. The van der Waals surface area contributed by atoms with Crippen molar-refractivity contribution in [2.75, 3.05) is 6.61 Å². The Hall–Kier alpha value is -1.86. The summed E-state index contributed by atoms with van der Waals surface area (Å²) in [6.45, 7) is 6.03. The Balaban J connectivity index is 2.84. The minimum absolute atomic E-state index is 0.0529. The van der Waals surface area contributed by atoms with Crippen LogP contribution < -0.4 is 5.32 Å². The zero-order valence-electron chi connectivity index (χ0n) is 12.7. The molecule has 0 aliphatic rings. The van der Waals surface area contributed by atoms with Gasteiger partial charge in [-0.2, -0.15) is 0 Å². The highest BCUT2D eigenvalue weighted by atomic mass is 19.1. The van der Waals surface area contributed by atoms with Gasteiger partial charge in [0.25, 0.3) is 5.91 Å². The van der Waals surface area contributed by atoms with Crippen LogP contribution in [-0.4, -0.2) is 23.7 Å². The minimum atomic E-state index is -0.523. The number of nitrogens with one attached hydrogen (secondary N) is 1. The molecule has 0 bridgehead atoms. The van der Waals surface area contributed by atoms with Crippen molar-refractivity contribution < 1.29 is 14.3 Å². The fourth-order valence-electron chi connectivity index (χ4n) is 1.96. The number of benzene rings is 1. The number of aliphatic hydroxyl groups excluding tert-OH is 1. The van der Waals surface area contributed by atoms with Gasteiger partial charge in [0.1, 0.15) is 5.82 Å². The van der Waals surface area contributed by atoms with E-state index in [1.165, 1.54) is 12.1 Å². The number of carbonyl (C=O) groups excluding carboxylic acids is 1. The quantitative estimate of drug-likeness (QED) is 0.820. The van der Waals surface area contributed by atoms with Crippen LogP contribution >= 0.6 is 0 Å². The van der Waals surface area contributed by atoms with Gasteiger partial charge in [-0.25, -0.2) is 4.39 Å². The highest BCUT2D eigenvalue weighted by molar-refractivity contribution is 5.94. The number of hydrogen-bond acceptors (Lipinski definition) is 2. The summed E-state index contributed by atoms with van der Waals surface area (Å²) in [5.41, 5.74) is 0.523. The first kappa shape index (κ1) is 17.2. The number of carbonyl (C=O) groups is 1. The smallest absolute Gasteiger partial charge is 0.251 e. The lowest BCUT2D eigenvalue weighted by Crippen LogP contribution is -2.38. The topological polar surface area (TPSA) is 49.3 Å². The number of hydrogen-bond donors (Lipinski definition) is 2. The van der Waals surface area contributed by atoms with Crippen molar-refractivity contribution in [3.63, 3.8) is 0 Å². The molecule has 2 N–H and O–H groups in total. The predicted molar refractivity (Wildman–Crippen MR) is 81.4 cm³/mol. The van der Waals surface area contributed by atoms with Gasteiger partial charge < -0.3 is 10.4 Å². The molecule has 0 aromatic heterocycles. The molecule has 1 unspecified atom stereocenters. The number of halogens is 1. The van der Waals surface area contributed by atoms with Crippen LogP contribution in [0.5, 0.6) is 0 Å². The molecule has 1 atom stereocenters. The summed E-state index contributed by atoms with van der Waals surface area (Å²) < 4.78 is 13.9. The van der Waals surface area contributed by atoms with E-state index in [4.69, 9.17) is 5.11 Å². The van der Waals surface area contributed by atoms with Gasteiger partial charge >= 0.3 is 0 Å². The summed E-state index contributed by atoms with van der Waals surface area (Å²) in [6, 6.07) is 4.33. The van der Waals surface area contributed by atoms with Crippen molar-refractivity contribution in [2.24, 2.45) is 5.92 Å². The van der Waals surface area contributed by atoms with E-state index in [1.807, 2.05) is 20.8 Å². The first-order valence-electron chi connectivity index (χ1n) is 7.19. The Kier molecular flexibility index (Phi) is 6.90. The Morgan fingerprint density at radius 3 is 2.67 bits per heavy atom. The largest absolute Gasteiger partial charge is 0.395 e. The van der Waals surface area contributed by atoms with Crippen LogP contribution in [0.1, 0.15) is 49.5 Å². The van der Waals surface area contributed by atoms with Gasteiger partial charge in [-0.3, -0.25) is 4.79 Å². The molecule has 0 aliphatic carbocycles. The van der Waals surface area contributed by atoms with Gasteiger partial charge in [0, 0.05) is 18.0 Å². The number of amides is 1. The zero-order chi connectivity index (χ0) is 15.8. The molecule has 0 saturated heterocycles. The summed E-state index contributed by atoms with van der Waals surface area (Å²) >= 11 is 0. The second-order valence-corrected chi connectivity index (χ2v) is 5.20. The standard InChI is InChI=1S/C17H22FNO2/c1-4-16(12(2)3)19-17(21)14-9-8-13(15(18)11-14)7-5-6-10-20/h8-9,11-12,16,20H,4,6,10H2,1-3H3,(H,19,21). The molecule has 1 aromatic carbocycles. The average Bonchev–Trinajstić information content (AvgIpc) is 2.45. The van der Waals surface area contributed by atoms with E-state index in [2.05, 4.69) is 17.2 Å². The normalized spacial score (nSPS) is 11.7. The third kappa shape index (κ3) is 5.20. The molecule has 114 valence electrons. The van der Waals surface area contributed by atoms with Gasteiger partial charge in [0.05, 0.1) is 12.2 Å². The molecule has 21 heavy (non-hydrogen) atoms. The Morgan fingerprint density at radius 1 is 1.43 bits per heavy atom. The van der Waals surface area contributed by atoms with Crippen LogP contribution in [-0.2, 0) is 0 Å². The lowest BCUT2D eigenvalue weighted by atomic mass is 10.0. The highest BCUT2D eigenvalue weighted by Gasteiger charge is 2.16. The number of aliphatic hydroxyl groups is 1. The predicted octanol–water partition coefficient (Wildman–Crippen LogP) is 2.72. The third-order valence-electron chi connectivity index (χ3n) is 3.25. The van der Waals surface area contributed by atoms with Crippen molar-refractivity contribution in [3.05, 3.63) is 35.1 Å². The molecular formula is C17H22FNO2. The van der Waals surface area contributed by atoms with Crippen LogP contribution in [0.2, 0.25) is 0 Å². The molecule has 1 rings (SSSR count). The summed E-state index contributed by atoms with van der Waals surface area (Å²) in [7, 11) is 0. The molecule has 0 fully saturated rings. The molecule has 3 nitrogen and oxygen atoms in total. The monoisotopic (exact) mass is 291 g/mol. The van der Waals surface area contributed by atoms with E-state index in [9.17, 15) is 9.18 Å².